The zero-order valence-corrected chi connectivity index (χ0v) is 13.1. The molecule has 2 heterocycles. The standard InChI is InChI=1S/C14H21ClF2N2O/c1-9-11(13(2,3)4)12(14(15,16)17)18-19(9)10-7-5-6-8-20-10/h10H,5-8H2,1-4H3. The zero-order chi connectivity index (χ0) is 15.1. The van der Waals surface area contributed by atoms with Gasteiger partial charge >= 0.3 is 5.38 Å². The summed E-state index contributed by atoms with van der Waals surface area (Å²) in [5.41, 5.74) is 0.412. The summed E-state index contributed by atoms with van der Waals surface area (Å²) in [5.74, 6) is 0. The molecule has 20 heavy (non-hydrogen) atoms. The van der Waals surface area contributed by atoms with Gasteiger partial charge in [-0.25, -0.2) is 4.68 Å². The maximum atomic E-state index is 13.7. The monoisotopic (exact) mass is 306 g/mol. The van der Waals surface area contributed by atoms with Crippen LogP contribution in [0, 0.1) is 6.92 Å². The van der Waals surface area contributed by atoms with Crippen LogP contribution in [0.1, 0.15) is 63.2 Å². The van der Waals surface area contributed by atoms with Crippen LogP contribution in [0.4, 0.5) is 8.78 Å². The first kappa shape index (κ1) is 15.7. The predicted octanol–water partition coefficient (Wildman–Crippen LogP) is 4.48. The Kier molecular flexibility index (Phi) is 4.13. The van der Waals surface area contributed by atoms with Crippen LogP contribution in [0.25, 0.3) is 0 Å². The van der Waals surface area contributed by atoms with E-state index in [9.17, 15) is 8.78 Å². The fourth-order valence-electron chi connectivity index (χ4n) is 2.81. The minimum Gasteiger partial charge on any atom is -0.357 e. The van der Waals surface area contributed by atoms with Gasteiger partial charge in [-0.15, -0.1) is 0 Å². The lowest BCUT2D eigenvalue weighted by Crippen LogP contribution is -2.21. The van der Waals surface area contributed by atoms with Gasteiger partial charge < -0.3 is 4.74 Å². The summed E-state index contributed by atoms with van der Waals surface area (Å²) < 4.78 is 34.5. The molecule has 1 unspecified atom stereocenters. The van der Waals surface area contributed by atoms with Gasteiger partial charge in [0.05, 0.1) is 0 Å². The number of nitrogens with zero attached hydrogens (tertiary/aromatic N) is 2. The maximum Gasteiger partial charge on any atom is 0.366 e. The molecule has 0 aromatic carbocycles. The van der Waals surface area contributed by atoms with Crippen molar-refractivity contribution in [2.45, 2.75) is 64.0 Å². The molecular formula is C14H21ClF2N2O. The number of halogens is 3. The Morgan fingerprint density at radius 2 is 1.95 bits per heavy atom. The highest BCUT2D eigenvalue weighted by Crippen LogP contribution is 2.41. The minimum atomic E-state index is -3.46. The van der Waals surface area contributed by atoms with E-state index in [-0.39, 0.29) is 11.9 Å². The van der Waals surface area contributed by atoms with E-state index in [4.69, 9.17) is 16.3 Å². The van der Waals surface area contributed by atoms with Gasteiger partial charge in [-0.3, -0.25) is 0 Å². The molecule has 0 bridgehead atoms. The summed E-state index contributed by atoms with van der Waals surface area (Å²) in [6.07, 6.45) is 2.54. The van der Waals surface area contributed by atoms with Crippen molar-refractivity contribution in [1.82, 2.24) is 9.78 Å². The van der Waals surface area contributed by atoms with Crippen molar-refractivity contribution in [2.24, 2.45) is 0 Å². The Labute approximate surface area is 123 Å². The third kappa shape index (κ3) is 2.98. The highest BCUT2D eigenvalue weighted by atomic mass is 35.5. The molecule has 0 N–H and O–H groups in total. The van der Waals surface area contributed by atoms with Crippen molar-refractivity contribution in [3.63, 3.8) is 0 Å². The van der Waals surface area contributed by atoms with E-state index in [0.717, 1.165) is 19.3 Å². The number of aromatic nitrogens is 2. The molecule has 0 saturated carbocycles. The van der Waals surface area contributed by atoms with Crippen molar-refractivity contribution in [3.05, 3.63) is 17.0 Å². The molecule has 1 atom stereocenters. The lowest BCUT2D eigenvalue weighted by molar-refractivity contribution is -0.0417. The van der Waals surface area contributed by atoms with Crippen LogP contribution in [0.5, 0.6) is 0 Å². The second-order valence-electron chi connectivity index (χ2n) is 6.32. The number of hydrogen-bond acceptors (Lipinski definition) is 2. The van der Waals surface area contributed by atoms with Gasteiger partial charge in [0.1, 0.15) is 6.23 Å². The predicted molar refractivity (Wildman–Crippen MR) is 74.3 cm³/mol. The first-order valence-corrected chi connectivity index (χ1v) is 7.28. The van der Waals surface area contributed by atoms with Crippen LogP contribution in [-0.2, 0) is 15.5 Å². The Hall–Kier alpha value is -0.680. The molecule has 1 aromatic heterocycles. The summed E-state index contributed by atoms with van der Waals surface area (Å²) in [5, 5.41) is 0.616. The molecule has 2 rings (SSSR count). The highest BCUT2D eigenvalue weighted by molar-refractivity contribution is 6.21. The molecule has 1 aromatic rings. The quantitative estimate of drug-likeness (QED) is 0.753. The fraction of sp³-hybridized carbons (Fsp3) is 0.786. The third-order valence-corrected chi connectivity index (χ3v) is 3.78. The summed E-state index contributed by atoms with van der Waals surface area (Å²) in [4.78, 5) is 0. The molecule has 6 heteroatoms. The summed E-state index contributed by atoms with van der Waals surface area (Å²) in [6, 6.07) is 0. The van der Waals surface area contributed by atoms with E-state index in [1.165, 1.54) is 0 Å². The van der Waals surface area contributed by atoms with Crippen molar-refractivity contribution in [2.75, 3.05) is 6.61 Å². The average Bonchev–Trinajstić information content (AvgIpc) is 2.67. The van der Waals surface area contributed by atoms with Crippen molar-refractivity contribution < 1.29 is 13.5 Å². The largest absolute Gasteiger partial charge is 0.366 e. The first-order valence-electron chi connectivity index (χ1n) is 6.90. The van der Waals surface area contributed by atoms with Gasteiger partial charge in [0, 0.05) is 17.9 Å². The third-order valence-electron chi connectivity index (χ3n) is 3.60. The van der Waals surface area contributed by atoms with Crippen LogP contribution in [-0.4, -0.2) is 16.4 Å². The molecule has 0 amide bonds. The topological polar surface area (TPSA) is 27.1 Å². The number of ether oxygens (including phenoxy) is 1. The molecule has 0 spiro atoms. The van der Waals surface area contributed by atoms with Crippen LogP contribution in [0.3, 0.4) is 0 Å². The molecule has 1 aliphatic rings. The molecule has 3 nitrogen and oxygen atoms in total. The van der Waals surface area contributed by atoms with E-state index in [2.05, 4.69) is 5.10 Å². The summed E-state index contributed by atoms with van der Waals surface area (Å²) >= 11 is 5.24. The molecule has 1 saturated heterocycles. The Morgan fingerprint density at radius 1 is 1.30 bits per heavy atom. The van der Waals surface area contributed by atoms with Crippen LogP contribution in [0.15, 0.2) is 0 Å². The molecule has 0 aliphatic carbocycles. The smallest absolute Gasteiger partial charge is 0.357 e. The first-order chi connectivity index (χ1) is 9.12. The molecule has 0 radical (unpaired) electrons. The van der Waals surface area contributed by atoms with Gasteiger partial charge in [-0.1, -0.05) is 20.8 Å². The van der Waals surface area contributed by atoms with Crippen LogP contribution < -0.4 is 0 Å². The van der Waals surface area contributed by atoms with Crippen LogP contribution in [0.2, 0.25) is 0 Å². The number of hydrogen-bond donors (Lipinski definition) is 0. The van der Waals surface area contributed by atoms with E-state index in [1.54, 1.807) is 11.6 Å². The summed E-state index contributed by atoms with van der Waals surface area (Å²) in [7, 11) is 0. The SMILES string of the molecule is Cc1c(C(C)(C)C)c(C(F)(F)Cl)nn1C1CCCCO1. The molecular weight excluding hydrogens is 286 g/mol. The Balaban J connectivity index is 2.52. The van der Waals surface area contributed by atoms with Crippen molar-refractivity contribution >= 4 is 11.6 Å². The van der Waals surface area contributed by atoms with Gasteiger partial charge in [0.15, 0.2) is 5.69 Å². The second-order valence-corrected chi connectivity index (χ2v) is 6.80. The van der Waals surface area contributed by atoms with Gasteiger partial charge in [0.25, 0.3) is 0 Å². The molecule has 114 valence electrons. The van der Waals surface area contributed by atoms with Gasteiger partial charge in [-0.05, 0) is 43.2 Å². The number of rotatable bonds is 2. The average molecular weight is 307 g/mol. The van der Waals surface area contributed by atoms with Crippen molar-refractivity contribution in [1.29, 1.82) is 0 Å². The second kappa shape index (κ2) is 5.26. The molecule has 1 fully saturated rings. The highest BCUT2D eigenvalue weighted by Gasteiger charge is 2.40. The lowest BCUT2D eigenvalue weighted by atomic mass is 9.85. The Bertz CT molecular complexity index is 483. The van der Waals surface area contributed by atoms with E-state index < -0.39 is 10.8 Å². The fourth-order valence-corrected chi connectivity index (χ4v) is 2.94. The van der Waals surface area contributed by atoms with Crippen molar-refractivity contribution in [3.8, 4) is 0 Å². The zero-order valence-electron chi connectivity index (χ0n) is 12.3. The van der Waals surface area contributed by atoms with E-state index in [1.807, 2.05) is 20.8 Å². The van der Waals surface area contributed by atoms with Gasteiger partial charge in [-0.2, -0.15) is 13.9 Å². The lowest BCUT2D eigenvalue weighted by Gasteiger charge is -2.25. The normalized spacial score (nSPS) is 21.2. The van der Waals surface area contributed by atoms with E-state index in [0.29, 0.717) is 17.9 Å². The summed E-state index contributed by atoms with van der Waals surface area (Å²) in [6.45, 7) is 8.10. The minimum absolute atomic E-state index is 0.266. The maximum absolute atomic E-state index is 13.7. The van der Waals surface area contributed by atoms with Gasteiger partial charge in [0.2, 0.25) is 0 Å². The Morgan fingerprint density at radius 3 is 2.35 bits per heavy atom. The number of alkyl halides is 3. The van der Waals surface area contributed by atoms with Crippen LogP contribution >= 0.6 is 11.6 Å². The van der Waals surface area contributed by atoms with E-state index >= 15 is 0 Å². The molecule has 1 aliphatic heterocycles.